The Morgan fingerprint density at radius 3 is 1.60 bits per heavy atom. The molecule has 0 aromatic rings. The molecule has 0 aromatic carbocycles. The summed E-state index contributed by atoms with van der Waals surface area (Å²) in [4.78, 5) is 0. The van der Waals surface area contributed by atoms with Crippen molar-refractivity contribution in [1.82, 2.24) is 5.32 Å². The third-order valence-corrected chi connectivity index (χ3v) is 4.05. The van der Waals surface area contributed by atoms with Crippen LogP contribution in [0.2, 0.25) is 0 Å². The second kappa shape index (κ2) is 8.51. The molecule has 2 nitrogen and oxygen atoms in total. The van der Waals surface area contributed by atoms with E-state index in [1.165, 1.54) is 19.3 Å². The summed E-state index contributed by atoms with van der Waals surface area (Å²) in [5.41, 5.74) is -0.991. The molecular formula is C15H25F3N2. The van der Waals surface area contributed by atoms with Crippen LogP contribution in [0.25, 0.3) is 0 Å². The molecule has 1 saturated carbocycles. The SMILES string of the molecule is N#CC1(NCC(F)(F)F)CCCCCCCCCCC1. The number of halogens is 3. The molecule has 5 heteroatoms. The van der Waals surface area contributed by atoms with E-state index in [1.54, 1.807) is 0 Å². The van der Waals surface area contributed by atoms with Crippen LogP contribution in [-0.2, 0) is 0 Å². The van der Waals surface area contributed by atoms with E-state index in [1.807, 2.05) is 0 Å². The number of alkyl halides is 3. The lowest BCUT2D eigenvalue weighted by Gasteiger charge is -2.29. The highest BCUT2D eigenvalue weighted by Gasteiger charge is 2.35. The zero-order chi connectivity index (χ0) is 14.9. The zero-order valence-electron chi connectivity index (χ0n) is 12.1. The number of hydrogen-bond acceptors (Lipinski definition) is 2. The Morgan fingerprint density at radius 2 is 1.25 bits per heavy atom. The van der Waals surface area contributed by atoms with Crippen LogP contribution in [0.15, 0.2) is 0 Å². The summed E-state index contributed by atoms with van der Waals surface area (Å²) < 4.78 is 37.2. The maximum absolute atomic E-state index is 12.4. The minimum absolute atomic E-state index is 0.527. The van der Waals surface area contributed by atoms with E-state index in [-0.39, 0.29) is 0 Å². The molecule has 0 aromatic heterocycles. The van der Waals surface area contributed by atoms with Gasteiger partial charge in [-0.15, -0.1) is 0 Å². The summed E-state index contributed by atoms with van der Waals surface area (Å²) in [7, 11) is 0. The van der Waals surface area contributed by atoms with Crippen molar-refractivity contribution in [3.8, 4) is 6.07 Å². The standard InChI is InChI=1S/C15H25F3N2/c16-15(17,18)13-20-14(12-19)10-8-6-4-2-1-3-5-7-9-11-14/h20H,1-11,13H2. The van der Waals surface area contributed by atoms with E-state index in [0.717, 1.165) is 38.5 Å². The number of nitriles is 1. The molecule has 1 rings (SSSR count). The molecule has 0 saturated heterocycles. The first-order valence-electron chi connectivity index (χ1n) is 7.70. The Bertz CT molecular complexity index is 295. The third kappa shape index (κ3) is 7.14. The molecule has 0 aliphatic heterocycles. The van der Waals surface area contributed by atoms with Crippen LogP contribution in [0.1, 0.15) is 70.6 Å². The molecule has 0 radical (unpaired) electrons. The van der Waals surface area contributed by atoms with Crippen molar-refractivity contribution in [2.24, 2.45) is 0 Å². The first-order valence-corrected chi connectivity index (χ1v) is 7.70. The minimum Gasteiger partial charge on any atom is -0.291 e. The molecule has 1 fully saturated rings. The molecule has 20 heavy (non-hydrogen) atoms. The fraction of sp³-hybridized carbons (Fsp3) is 0.933. The summed E-state index contributed by atoms with van der Waals surface area (Å²) >= 11 is 0. The normalized spacial score (nSPS) is 22.3. The molecule has 0 spiro atoms. The Labute approximate surface area is 119 Å². The van der Waals surface area contributed by atoms with E-state index in [9.17, 15) is 18.4 Å². The van der Waals surface area contributed by atoms with Gasteiger partial charge in [-0.2, -0.15) is 18.4 Å². The largest absolute Gasteiger partial charge is 0.401 e. The molecule has 0 unspecified atom stereocenters. The second-order valence-electron chi connectivity index (χ2n) is 5.84. The average Bonchev–Trinajstić information content (AvgIpc) is 2.38. The van der Waals surface area contributed by atoms with Gasteiger partial charge >= 0.3 is 6.18 Å². The molecule has 1 aliphatic carbocycles. The van der Waals surface area contributed by atoms with Gasteiger partial charge in [0, 0.05) is 0 Å². The van der Waals surface area contributed by atoms with E-state index >= 15 is 0 Å². The van der Waals surface area contributed by atoms with E-state index in [4.69, 9.17) is 0 Å². The minimum atomic E-state index is -4.26. The van der Waals surface area contributed by atoms with Gasteiger partial charge in [-0.05, 0) is 12.8 Å². The van der Waals surface area contributed by atoms with Gasteiger partial charge in [0.25, 0.3) is 0 Å². The van der Waals surface area contributed by atoms with Crippen molar-refractivity contribution >= 4 is 0 Å². The van der Waals surface area contributed by atoms with Crippen molar-refractivity contribution in [2.75, 3.05) is 6.54 Å². The van der Waals surface area contributed by atoms with Gasteiger partial charge in [0.1, 0.15) is 5.54 Å². The van der Waals surface area contributed by atoms with Crippen LogP contribution in [-0.4, -0.2) is 18.3 Å². The number of rotatable bonds is 2. The Hall–Kier alpha value is -0.760. The highest BCUT2D eigenvalue weighted by molar-refractivity contribution is 5.07. The Kier molecular flexibility index (Phi) is 7.36. The number of hydrogen-bond donors (Lipinski definition) is 1. The van der Waals surface area contributed by atoms with Gasteiger partial charge in [0.05, 0.1) is 12.6 Å². The van der Waals surface area contributed by atoms with Crippen molar-refractivity contribution in [3.63, 3.8) is 0 Å². The van der Waals surface area contributed by atoms with E-state index in [2.05, 4.69) is 11.4 Å². The molecule has 1 N–H and O–H groups in total. The monoisotopic (exact) mass is 290 g/mol. The Morgan fingerprint density at radius 1 is 0.850 bits per heavy atom. The summed E-state index contributed by atoms with van der Waals surface area (Å²) in [6, 6.07) is 2.13. The van der Waals surface area contributed by atoms with Crippen LogP contribution < -0.4 is 5.32 Å². The highest BCUT2D eigenvalue weighted by Crippen LogP contribution is 2.26. The summed E-state index contributed by atoms with van der Waals surface area (Å²) in [5, 5.41) is 11.9. The van der Waals surface area contributed by atoms with Crippen molar-refractivity contribution < 1.29 is 13.2 Å². The lowest BCUT2D eigenvalue weighted by Crippen LogP contribution is -2.48. The quantitative estimate of drug-likeness (QED) is 0.799. The number of nitrogens with one attached hydrogen (secondary N) is 1. The zero-order valence-corrected chi connectivity index (χ0v) is 12.1. The predicted molar refractivity (Wildman–Crippen MR) is 73.2 cm³/mol. The number of nitrogens with zero attached hydrogens (tertiary/aromatic N) is 1. The van der Waals surface area contributed by atoms with Crippen LogP contribution in [0.4, 0.5) is 13.2 Å². The van der Waals surface area contributed by atoms with Gasteiger partial charge in [-0.3, -0.25) is 5.32 Å². The van der Waals surface area contributed by atoms with Gasteiger partial charge in [0.2, 0.25) is 0 Å². The van der Waals surface area contributed by atoms with Gasteiger partial charge < -0.3 is 0 Å². The molecule has 0 heterocycles. The maximum atomic E-state index is 12.4. The lowest BCUT2D eigenvalue weighted by atomic mass is 9.86. The van der Waals surface area contributed by atoms with Crippen LogP contribution in [0, 0.1) is 11.3 Å². The third-order valence-electron chi connectivity index (χ3n) is 4.05. The molecule has 116 valence electrons. The van der Waals surface area contributed by atoms with Crippen molar-refractivity contribution in [1.29, 1.82) is 5.26 Å². The van der Waals surface area contributed by atoms with E-state index < -0.39 is 18.3 Å². The highest BCUT2D eigenvalue weighted by atomic mass is 19.4. The molecular weight excluding hydrogens is 265 g/mol. The summed E-state index contributed by atoms with van der Waals surface area (Å²) in [6.45, 7) is -1.07. The van der Waals surface area contributed by atoms with Crippen LogP contribution in [0.3, 0.4) is 0 Å². The summed E-state index contributed by atoms with van der Waals surface area (Å²) in [5.74, 6) is 0. The smallest absolute Gasteiger partial charge is 0.291 e. The topological polar surface area (TPSA) is 35.8 Å². The first kappa shape index (κ1) is 17.3. The lowest BCUT2D eigenvalue weighted by molar-refractivity contribution is -0.128. The van der Waals surface area contributed by atoms with Gasteiger partial charge in [-0.1, -0.05) is 57.8 Å². The summed E-state index contributed by atoms with van der Waals surface area (Å²) in [6.07, 6.45) is 6.40. The van der Waals surface area contributed by atoms with Crippen LogP contribution >= 0.6 is 0 Å². The molecule has 0 bridgehead atoms. The van der Waals surface area contributed by atoms with Gasteiger partial charge in [0.15, 0.2) is 0 Å². The molecule has 1 aliphatic rings. The second-order valence-corrected chi connectivity index (χ2v) is 5.84. The first-order chi connectivity index (χ1) is 9.47. The Balaban J connectivity index is 2.58. The fourth-order valence-electron chi connectivity index (χ4n) is 2.81. The maximum Gasteiger partial charge on any atom is 0.401 e. The average molecular weight is 290 g/mol. The van der Waals surface area contributed by atoms with Crippen molar-refractivity contribution in [3.05, 3.63) is 0 Å². The van der Waals surface area contributed by atoms with E-state index in [0.29, 0.717) is 12.8 Å². The predicted octanol–water partition coefficient (Wildman–Crippen LogP) is 4.71. The molecule has 0 atom stereocenters. The van der Waals surface area contributed by atoms with Crippen molar-refractivity contribution in [2.45, 2.75) is 82.3 Å². The molecule has 0 amide bonds. The van der Waals surface area contributed by atoms with Gasteiger partial charge in [-0.25, -0.2) is 0 Å². The fourth-order valence-corrected chi connectivity index (χ4v) is 2.81. The van der Waals surface area contributed by atoms with Crippen LogP contribution in [0.5, 0.6) is 0 Å².